The summed E-state index contributed by atoms with van der Waals surface area (Å²) in [7, 11) is 0. The van der Waals surface area contributed by atoms with E-state index in [1.54, 1.807) is 0 Å². The second-order valence-electron chi connectivity index (χ2n) is 14.1. The predicted molar refractivity (Wildman–Crippen MR) is 171 cm³/mol. The van der Waals surface area contributed by atoms with Crippen LogP contribution in [0.2, 0.25) is 0 Å². The van der Waals surface area contributed by atoms with Crippen molar-refractivity contribution in [1.29, 1.82) is 0 Å². The number of fused-ring (bicyclic) bond motifs is 12. The molecular formula is C40H38. The number of hydrogen-bond donors (Lipinski definition) is 0. The summed E-state index contributed by atoms with van der Waals surface area (Å²) in [4.78, 5) is 0. The molecule has 198 valence electrons. The summed E-state index contributed by atoms with van der Waals surface area (Å²) in [5.74, 6) is 0. The van der Waals surface area contributed by atoms with Crippen molar-refractivity contribution in [3.63, 3.8) is 0 Å². The van der Waals surface area contributed by atoms with Gasteiger partial charge >= 0.3 is 0 Å². The third-order valence-electron chi connectivity index (χ3n) is 10.7. The number of rotatable bonds is 0. The zero-order valence-electron chi connectivity index (χ0n) is 25.1. The van der Waals surface area contributed by atoms with E-state index in [1.807, 2.05) is 0 Å². The molecule has 4 aromatic carbocycles. The summed E-state index contributed by atoms with van der Waals surface area (Å²) in [6, 6.07) is 23.8. The monoisotopic (exact) mass is 518 g/mol. The van der Waals surface area contributed by atoms with Crippen molar-refractivity contribution >= 4 is 21.9 Å². The van der Waals surface area contributed by atoms with Crippen LogP contribution in [0.3, 0.4) is 0 Å². The van der Waals surface area contributed by atoms with Gasteiger partial charge in [-0.2, -0.15) is 0 Å². The van der Waals surface area contributed by atoms with E-state index in [0.717, 1.165) is 6.42 Å². The molecule has 0 saturated heterocycles. The zero-order valence-corrected chi connectivity index (χ0v) is 25.1. The lowest BCUT2D eigenvalue weighted by Gasteiger charge is -2.35. The fraction of sp³-hybridized carbons (Fsp3) is 0.300. The maximum Gasteiger partial charge on any atom is 0.0443 e. The minimum absolute atomic E-state index is 0.0138. The second-order valence-corrected chi connectivity index (χ2v) is 14.1. The fourth-order valence-electron chi connectivity index (χ4n) is 9.51. The van der Waals surface area contributed by atoms with Crippen molar-refractivity contribution in [3.05, 3.63) is 128 Å². The maximum atomic E-state index is 2.59. The lowest BCUT2D eigenvalue weighted by atomic mass is 9.68. The molecule has 8 rings (SSSR count). The van der Waals surface area contributed by atoms with Gasteiger partial charge in [0.15, 0.2) is 0 Å². The first-order valence-electron chi connectivity index (χ1n) is 14.9. The Hall–Kier alpha value is -3.64. The van der Waals surface area contributed by atoms with E-state index in [2.05, 4.69) is 128 Å². The zero-order chi connectivity index (χ0) is 27.9. The van der Waals surface area contributed by atoms with Crippen LogP contribution < -0.4 is 0 Å². The highest BCUT2D eigenvalue weighted by Crippen LogP contribution is 2.67. The lowest BCUT2D eigenvalue weighted by Crippen LogP contribution is -2.26. The Bertz CT molecular complexity index is 1950. The van der Waals surface area contributed by atoms with Gasteiger partial charge in [-0.25, -0.2) is 0 Å². The molecule has 4 aromatic rings. The summed E-state index contributed by atoms with van der Waals surface area (Å²) in [6.45, 7) is 19.0. The van der Waals surface area contributed by atoms with Gasteiger partial charge in [0.2, 0.25) is 0 Å². The van der Waals surface area contributed by atoms with E-state index in [-0.39, 0.29) is 16.2 Å². The van der Waals surface area contributed by atoms with Gasteiger partial charge in [0, 0.05) is 16.2 Å². The first kappa shape index (κ1) is 24.2. The Morgan fingerprint density at radius 3 is 2.12 bits per heavy atom. The molecule has 4 aliphatic carbocycles. The molecule has 1 spiro atoms. The Morgan fingerprint density at radius 2 is 1.35 bits per heavy atom. The Balaban J connectivity index is 1.51. The molecule has 0 fully saturated rings. The third kappa shape index (κ3) is 2.68. The average Bonchev–Trinajstić information content (AvgIpc) is 3.39. The molecule has 0 aromatic heterocycles. The molecule has 40 heavy (non-hydrogen) atoms. The molecule has 0 heterocycles. The first-order valence-corrected chi connectivity index (χ1v) is 14.9. The smallest absolute Gasteiger partial charge is 0.0443 e. The molecule has 0 saturated carbocycles. The highest BCUT2D eigenvalue weighted by Gasteiger charge is 2.54. The molecule has 0 radical (unpaired) electrons. The second kappa shape index (κ2) is 7.35. The van der Waals surface area contributed by atoms with Gasteiger partial charge in [0.1, 0.15) is 0 Å². The molecule has 0 heteroatoms. The van der Waals surface area contributed by atoms with Gasteiger partial charge in [-0.05, 0) is 106 Å². The highest BCUT2D eigenvalue weighted by molar-refractivity contribution is 6.12. The van der Waals surface area contributed by atoms with Crippen molar-refractivity contribution < 1.29 is 0 Å². The van der Waals surface area contributed by atoms with Gasteiger partial charge in [-0.15, -0.1) is 0 Å². The van der Waals surface area contributed by atoms with Crippen molar-refractivity contribution in [2.45, 2.75) is 78.1 Å². The largest absolute Gasteiger partial charge is 0.0715 e. The van der Waals surface area contributed by atoms with Gasteiger partial charge in [0.25, 0.3) is 0 Å². The predicted octanol–water partition coefficient (Wildman–Crippen LogP) is 10.5. The summed E-state index contributed by atoms with van der Waals surface area (Å²) in [5.41, 5.74) is 20.3. The van der Waals surface area contributed by atoms with Crippen LogP contribution >= 0.6 is 0 Å². The number of aryl methyl sites for hydroxylation is 2. The average molecular weight is 519 g/mol. The number of benzene rings is 4. The van der Waals surface area contributed by atoms with Crippen LogP contribution in [0.15, 0.2) is 84.0 Å². The Kier molecular flexibility index (Phi) is 4.44. The SMILES string of the molecule is CC1=CC2(CC(C)=C1)c1ccc3c(c1-c1ccc4c(C)cc(C)cc4c12)C(C)(C)C1=C3C(C)(C)c2ccccc21. The van der Waals surface area contributed by atoms with E-state index in [1.165, 1.54) is 88.7 Å². The maximum absolute atomic E-state index is 2.59. The summed E-state index contributed by atoms with van der Waals surface area (Å²) in [6.07, 6.45) is 6.02. The van der Waals surface area contributed by atoms with Crippen LogP contribution in [0.25, 0.3) is 33.0 Å². The van der Waals surface area contributed by atoms with Gasteiger partial charge in [-0.3, -0.25) is 0 Å². The van der Waals surface area contributed by atoms with E-state index in [9.17, 15) is 0 Å². The van der Waals surface area contributed by atoms with E-state index in [4.69, 9.17) is 0 Å². The quantitative estimate of drug-likeness (QED) is 0.217. The van der Waals surface area contributed by atoms with Gasteiger partial charge in [0.05, 0.1) is 0 Å². The first-order chi connectivity index (χ1) is 19.0. The lowest BCUT2D eigenvalue weighted by molar-refractivity contribution is 0.638. The molecular weight excluding hydrogens is 480 g/mol. The van der Waals surface area contributed by atoms with Crippen LogP contribution in [0.1, 0.15) is 92.5 Å². The fourth-order valence-corrected chi connectivity index (χ4v) is 9.51. The molecule has 1 unspecified atom stereocenters. The minimum Gasteiger partial charge on any atom is -0.0715 e. The topological polar surface area (TPSA) is 0 Å². The van der Waals surface area contributed by atoms with E-state index >= 15 is 0 Å². The van der Waals surface area contributed by atoms with Crippen molar-refractivity contribution in [1.82, 2.24) is 0 Å². The Labute approximate surface area is 239 Å². The van der Waals surface area contributed by atoms with E-state index < -0.39 is 0 Å². The summed E-state index contributed by atoms with van der Waals surface area (Å²) in [5, 5.41) is 2.82. The molecule has 1 atom stereocenters. The number of allylic oxidation sites excluding steroid dienone is 6. The molecule has 4 aliphatic rings. The molecule has 0 bridgehead atoms. The van der Waals surface area contributed by atoms with Crippen LogP contribution in [-0.2, 0) is 16.2 Å². The number of hydrogen-bond acceptors (Lipinski definition) is 0. The van der Waals surface area contributed by atoms with Crippen LogP contribution in [-0.4, -0.2) is 0 Å². The molecule has 0 amide bonds. The Morgan fingerprint density at radius 1 is 0.625 bits per heavy atom. The third-order valence-corrected chi connectivity index (χ3v) is 10.7. The summed E-state index contributed by atoms with van der Waals surface area (Å²) < 4.78 is 0. The molecule has 0 nitrogen and oxygen atoms in total. The molecule has 0 aliphatic heterocycles. The summed E-state index contributed by atoms with van der Waals surface area (Å²) >= 11 is 0. The minimum atomic E-state index is -0.140. The van der Waals surface area contributed by atoms with Crippen LogP contribution in [0.5, 0.6) is 0 Å². The van der Waals surface area contributed by atoms with Gasteiger partial charge < -0.3 is 0 Å². The molecule has 0 N–H and O–H groups in total. The van der Waals surface area contributed by atoms with Crippen LogP contribution in [0.4, 0.5) is 0 Å². The standard InChI is InChI=1S/C40H38/c1-22-18-25(4)26-13-14-28-33-32(40(34(28)30(26)19-22)20-23(2)17-24(3)21-40)16-15-29-35(33)39(7,8)36-27-11-9-10-12-31(27)38(5,6)37(29)36/h9-20H,21H2,1-8H3. The van der Waals surface area contributed by atoms with Crippen LogP contribution in [0, 0.1) is 13.8 Å². The van der Waals surface area contributed by atoms with Crippen molar-refractivity contribution in [2.75, 3.05) is 0 Å². The van der Waals surface area contributed by atoms with E-state index in [0.29, 0.717) is 0 Å². The van der Waals surface area contributed by atoms with Gasteiger partial charge in [-0.1, -0.05) is 117 Å². The van der Waals surface area contributed by atoms with Crippen molar-refractivity contribution in [2.24, 2.45) is 0 Å². The highest BCUT2D eigenvalue weighted by atomic mass is 14.6. The van der Waals surface area contributed by atoms with Crippen molar-refractivity contribution in [3.8, 4) is 11.1 Å². The normalized spacial score (nSPS) is 22.6.